The Hall–Kier alpha value is -1.80. The lowest BCUT2D eigenvalue weighted by atomic mass is 9.80. The van der Waals surface area contributed by atoms with E-state index in [1.807, 2.05) is 25.1 Å². The molecule has 0 spiro atoms. The maximum absolute atomic E-state index is 12.5. The van der Waals surface area contributed by atoms with Crippen molar-refractivity contribution in [1.29, 1.82) is 0 Å². The second-order valence-corrected chi connectivity index (χ2v) is 7.22. The number of nitrogens with one attached hydrogen (secondary N) is 1. The minimum atomic E-state index is -0.00262. The van der Waals surface area contributed by atoms with Crippen LogP contribution in [0.2, 0.25) is 5.02 Å². The van der Waals surface area contributed by atoms with Crippen LogP contribution in [-0.4, -0.2) is 5.78 Å². The van der Waals surface area contributed by atoms with Gasteiger partial charge in [0.15, 0.2) is 0 Å². The molecule has 0 saturated heterocycles. The summed E-state index contributed by atoms with van der Waals surface area (Å²) in [5, 5.41) is 4.33. The Morgan fingerprint density at radius 1 is 1.08 bits per heavy atom. The van der Waals surface area contributed by atoms with Gasteiger partial charge in [0.25, 0.3) is 0 Å². The molecule has 0 amide bonds. The minimum absolute atomic E-state index is 0.00262. The van der Waals surface area contributed by atoms with E-state index in [0.717, 1.165) is 41.1 Å². The molecule has 2 unspecified atom stereocenters. The number of ketones is 1. The van der Waals surface area contributed by atoms with Crippen LogP contribution in [0.15, 0.2) is 42.5 Å². The van der Waals surface area contributed by atoms with Crippen molar-refractivity contribution in [3.05, 3.63) is 64.2 Å². The van der Waals surface area contributed by atoms with Crippen molar-refractivity contribution in [2.45, 2.75) is 45.6 Å². The third kappa shape index (κ3) is 3.81. The van der Waals surface area contributed by atoms with Crippen LogP contribution in [0.1, 0.15) is 48.4 Å². The standard InChI is InChI=1S/C21H24ClNO/c1-14-7-10-16(11-8-14)21(18-5-3-4-6-20(18)24)23-17-12-9-15(2)19(22)13-17/h7-13,18,21,23H,3-6H2,1-2H3. The lowest BCUT2D eigenvalue weighted by molar-refractivity contribution is -0.125. The van der Waals surface area contributed by atoms with Gasteiger partial charge in [-0.05, 0) is 49.9 Å². The summed E-state index contributed by atoms with van der Waals surface area (Å²) in [6.45, 7) is 4.08. The molecule has 2 nitrogen and oxygen atoms in total. The molecular formula is C21H24ClNO. The Labute approximate surface area is 149 Å². The van der Waals surface area contributed by atoms with Gasteiger partial charge in [0.1, 0.15) is 5.78 Å². The Bertz CT molecular complexity index is 723. The maximum atomic E-state index is 12.5. The maximum Gasteiger partial charge on any atom is 0.138 e. The third-order valence-corrected chi connectivity index (χ3v) is 5.34. The Kier molecular flexibility index (Phi) is 5.25. The molecule has 0 aliphatic heterocycles. The number of carbonyl (C=O) groups excluding carboxylic acids is 1. The third-order valence-electron chi connectivity index (χ3n) is 4.93. The van der Waals surface area contributed by atoms with E-state index in [2.05, 4.69) is 36.5 Å². The monoisotopic (exact) mass is 341 g/mol. The van der Waals surface area contributed by atoms with Gasteiger partial charge in [-0.2, -0.15) is 0 Å². The number of aryl methyl sites for hydroxylation is 2. The predicted molar refractivity (Wildman–Crippen MR) is 101 cm³/mol. The molecular weight excluding hydrogens is 318 g/mol. The SMILES string of the molecule is Cc1ccc(C(Nc2ccc(C)c(Cl)c2)C2CCCCC2=O)cc1. The van der Waals surface area contributed by atoms with Crippen LogP contribution >= 0.6 is 11.6 Å². The number of hydrogen-bond acceptors (Lipinski definition) is 2. The highest BCUT2D eigenvalue weighted by Gasteiger charge is 2.31. The Morgan fingerprint density at radius 2 is 1.83 bits per heavy atom. The quantitative estimate of drug-likeness (QED) is 0.753. The van der Waals surface area contributed by atoms with Crippen molar-refractivity contribution < 1.29 is 4.79 Å². The van der Waals surface area contributed by atoms with Crippen LogP contribution < -0.4 is 5.32 Å². The molecule has 0 bridgehead atoms. The highest BCUT2D eigenvalue weighted by Crippen LogP contribution is 2.35. The molecule has 2 atom stereocenters. The second-order valence-electron chi connectivity index (χ2n) is 6.82. The summed E-state index contributed by atoms with van der Waals surface area (Å²) in [6, 6.07) is 14.5. The van der Waals surface area contributed by atoms with E-state index in [0.29, 0.717) is 12.2 Å². The minimum Gasteiger partial charge on any atom is -0.377 e. The smallest absolute Gasteiger partial charge is 0.138 e. The number of Topliss-reactive ketones (excluding diaryl/α,β-unsaturated/α-hetero) is 1. The molecule has 1 aliphatic carbocycles. The van der Waals surface area contributed by atoms with Crippen molar-refractivity contribution in [3.63, 3.8) is 0 Å². The zero-order valence-electron chi connectivity index (χ0n) is 14.3. The van der Waals surface area contributed by atoms with Crippen molar-refractivity contribution in [1.82, 2.24) is 0 Å². The number of rotatable bonds is 4. The average Bonchev–Trinajstić information content (AvgIpc) is 2.58. The first-order valence-electron chi connectivity index (χ1n) is 8.66. The summed E-state index contributed by atoms with van der Waals surface area (Å²) in [4.78, 5) is 12.5. The molecule has 3 rings (SSSR count). The van der Waals surface area contributed by atoms with Crippen LogP contribution in [0.25, 0.3) is 0 Å². The van der Waals surface area contributed by atoms with E-state index in [1.165, 1.54) is 5.56 Å². The summed E-state index contributed by atoms with van der Waals surface area (Å²) in [5.74, 6) is 0.402. The van der Waals surface area contributed by atoms with Crippen molar-refractivity contribution >= 4 is 23.1 Å². The highest BCUT2D eigenvalue weighted by molar-refractivity contribution is 6.31. The summed E-state index contributed by atoms with van der Waals surface area (Å²) in [6.07, 6.45) is 3.79. The predicted octanol–water partition coefficient (Wildman–Crippen LogP) is 5.87. The largest absolute Gasteiger partial charge is 0.377 e. The Morgan fingerprint density at radius 3 is 2.50 bits per heavy atom. The van der Waals surface area contributed by atoms with Crippen LogP contribution in [0, 0.1) is 19.8 Å². The zero-order valence-corrected chi connectivity index (χ0v) is 15.1. The topological polar surface area (TPSA) is 29.1 Å². The van der Waals surface area contributed by atoms with Gasteiger partial charge in [-0.25, -0.2) is 0 Å². The first kappa shape index (κ1) is 17.0. The molecule has 0 heterocycles. The first-order valence-corrected chi connectivity index (χ1v) is 9.04. The summed E-state index contributed by atoms with van der Waals surface area (Å²) in [7, 11) is 0. The van der Waals surface area contributed by atoms with E-state index in [9.17, 15) is 4.79 Å². The zero-order chi connectivity index (χ0) is 17.1. The number of halogens is 1. The fourth-order valence-corrected chi connectivity index (χ4v) is 3.60. The fraction of sp³-hybridized carbons (Fsp3) is 0.381. The molecule has 0 radical (unpaired) electrons. The molecule has 1 saturated carbocycles. The van der Waals surface area contributed by atoms with Gasteiger partial charge in [0.2, 0.25) is 0 Å². The fourth-order valence-electron chi connectivity index (χ4n) is 3.41. The summed E-state index contributed by atoms with van der Waals surface area (Å²) in [5.41, 5.74) is 4.42. The number of benzene rings is 2. The number of hydrogen-bond donors (Lipinski definition) is 1. The van der Waals surface area contributed by atoms with E-state index in [4.69, 9.17) is 11.6 Å². The van der Waals surface area contributed by atoms with E-state index < -0.39 is 0 Å². The molecule has 2 aromatic carbocycles. The molecule has 2 aromatic rings. The first-order chi connectivity index (χ1) is 11.5. The van der Waals surface area contributed by atoms with Gasteiger partial charge in [-0.1, -0.05) is 53.9 Å². The van der Waals surface area contributed by atoms with Crippen LogP contribution in [0.3, 0.4) is 0 Å². The summed E-state index contributed by atoms with van der Waals surface area (Å²) >= 11 is 6.27. The average molecular weight is 342 g/mol. The molecule has 0 aromatic heterocycles. The normalized spacial score (nSPS) is 19.1. The van der Waals surface area contributed by atoms with Crippen LogP contribution in [0.4, 0.5) is 5.69 Å². The van der Waals surface area contributed by atoms with Gasteiger partial charge < -0.3 is 5.32 Å². The van der Waals surface area contributed by atoms with Gasteiger partial charge in [0, 0.05) is 23.0 Å². The van der Waals surface area contributed by atoms with Gasteiger partial charge >= 0.3 is 0 Å². The molecule has 1 aliphatic rings. The lowest BCUT2D eigenvalue weighted by Gasteiger charge is -2.31. The summed E-state index contributed by atoms with van der Waals surface area (Å²) < 4.78 is 0. The second kappa shape index (κ2) is 7.40. The molecule has 1 fully saturated rings. The van der Waals surface area contributed by atoms with Crippen molar-refractivity contribution in [3.8, 4) is 0 Å². The van der Waals surface area contributed by atoms with Crippen molar-refractivity contribution in [2.24, 2.45) is 5.92 Å². The van der Waals surface area contributed by atoms with Gasteiger partial charge in [-0.3, -0.25) is 4.79 Å². The number of carbonyl (C=O) groups is 1. The Balaban J connectivity index is 1.92. The van der Waals surface area contributed by atoms with Gasteiger partial charge in [0.05, 0.1) is 6.04 Å². The van der Waals surface area contributed by atoms with Gasteiger partial charge in [-0.15, -0.1) is 0 Å². The lowest BCUT2D eigenvalue weighted by Crippen LogP contribution is -2.30. The van der Waals surface area contributed by atoms with E-state index >= 15 is 0 Å². The number of anilines is 1. The highest BCUT2D eigenvalue weighted by atomic mass is 35.5. The van der Waals surface area contributed by atoms with E-state index in [1.54, 1.807) is 0 Å². The molecule has 126 valence electrons. The molecule has 1 N–H and O–H groups in total. The van der Waals surface area contributed by atoms with Crippen LogP contribution in [-0.2, 0) is 4.79 Å². The molecule has 3 heteroatoms. The van der Waals surface area contributed by atoms with Crippen LogP contribution in [0.5, 0.6) is 0 Å². The molecule has 24 heavy (non-hydrogen) atoms. The van der Waals surface area contributed by atoms with Crippen molar-refractivity contribution in [2.75, 3.05) is 5.32 Å². The van der Waals surface area contributed by atoms with E-state index in [-0.39, 0.29) is 12.0 Å².